The summed E-state index contributed by atoms with van der Waals surface area (Å²) in [6.45, 7) is 2.95. The second-order valence-corrected chi connectivity index (χ2v) is 7.23. The molecular weight excluding hydrogens is 399 g/mol. The minimum Gasteiger partial charge on any atom is -0.508 e. The molecule has 5 nitrogen and oxygen atoms in total. The predicted octanol–water partition coefficient (Wildman–Crippen LogP) is 3.79. The van der Waals surface area contributed by atoms with Gasteiger partial charge in [-0.2, -0.15) is 0 Å². The lowest BCUT2D eigenvalue weighted by Gasteiger charge is -2.31. The summed E-state index contributed by atoms with van der Waals surface area (Å²) < 4.78 is 0. The van der Waals surface area contributed by atoms with Crippen LogP contribution in [0.15, 0.2) is 48.5 Å². The molecule has 2 N–H and O–H groups in total. The van der Waals surface area contributed by atoms with E-state index >= 15 is 0 Å². The van der Waals surface area contributed by atoms with Gasteiger partial charge in [0, 0.05) is 35.2 Å². The van der Waals surface area contributed by atoms with Crippen molar-refractivity contribution in [1.82, 2.24) is 10.2 Å². The van der Waals surface area contributed by atoms with Crippen LogP contribution in [0.4, 0.5) is 0 Å². The van der Waals surface area contributed by atoms with E-state index in [-0.39, 0.29) is 35.8 Å². The highest BCUT2D eigenvalue weighted by Crippen LogP contribution is 2.22. The molecule has 2 aromatic rings. The Morgan fingerprint density at radius 1 is 1.07 bits per heavy atom. The van der Waals surface area contributed by atoms with Crippen molar-refractivity contribution >= 4 is 35.7 Å². The van der Waals surface area contributed by atoms with Gasteiger partial charge in [0.15, 0.2) is 5.78 Å². The number of carbonyl (C=O) groups is 2. The molecule has 28 heavy (non-hydrogen) atoms. The molecule has 0 bridgehead atoms. The van der Waals surface area contributed by atoms with Crippen molar-refractivity contribution in [2.24, 2.45) is 5.92 Å². The molecule has 0 saturated carbocycles. The van der Waals surface area contributed by atoms with Crippen molar-refractivity contribution in [3.05, 3.63) is 64.7 Å². The van der Waals surface area contributed by atoms with E-state index < -0.39 is 0 Å². The lowest BCUT2D eigenvalue weighted by molar-refractivity contribution is 0.0839. The van der Waals surface area contributed by atoms with Gasteiger partial charge in [0.1, 0.15) is 5.75 Å². The highest BCUT2D eigenvalue weighted by atomic mass is 35.5. The first-order chi connectivity index (χ1) is 13.0. The van der Waals surface area contributed by atoms with Gasteiger partial charge in [-0.1, -0.05) is 17.7 Å². The fourth-order valence-electron chi connectivity index (χ4n) is 3.35. The van der Waals surface area contributed by atoms with Crippen LogP contribution in [-0.4, -0.2) is 47.9 Å². The maximum absolute atomic E-state index is 12.6. The zero-order valence-corrected chi connectivity index (χ0v) is 17.0. The predicted molar refractivity (Wildman–Crippen MR) is 113 cm³/mol. The molecule has 1 heterocycles. The first-order valence-corrected chi connectivity index (χ1v) is 9.50. The molecule has 0 radical (unpaired) electrons. The number of amides is 1. The number of Topliss-reactive ketones (excluding diaryl/α,β-unsaturated/α-hetero) is 1. The monoisotopic (exact) mass is 422 g/mol. The summed E-state index contributed by atoms with van der Waals surface area (Å²) in [5, 5.41) is 12.9. The Labute approximate surface area is 176 Å². The Morgan fingerprint density at radius 2 is 1.75 bits per heavy atom. The summed E-state index contributed by atoms with van der Waals surface area (Å²) in [6, 6.07) is 13.4. The second-order valence-electron chi connectivity index (χ2n) is 6.79. The number of phenols is 1. The maximum atomic E-state index is 12.6. The Balaban J connectivity index is 0.00000280. The zero-order valence-electron chi connectivity index (χ0n) is 15.4. The molecule has 1 aliphatic heterocycles. The van der Waals surface area contributed by atoms with Crippen molar-refractivity contribution in [3.63, 3.8) is 0 Å². The molecule has 0 spiro atoms. The van der Waals surface area contributed by atoms with Gasteiger partial charge in [0.25, 0.3) is 5.91 Å². The van der Waals surface area contributed by atoms with Crippen LogP contribution in [0.1, 0.15) is 33.6 Å². The molecule has 1 fully saturated rings. The standard InChI is InChI=1S/C21H23ClN2O3.ClH/c22-18-6-4-15(5-7-18)20(26)16-8-11-24(12-9-16)13-10-23-21(27)17-2-1-3-19(25)14-17;/h1-7,14,16,25H,8-13H2,(H,23,27);1H. The maximum Gasteiger partial charge on any atom is 0.251 e. The van der Waals surface area contributed by atoms with E-state index in [0.717, 1.165) is 38.0 Å². The summed E-state index contributed by atoms with van der Waals surface area (Å²) in [7, 11) is 0. The van der Waals surface area contributed by atoms with E-state index in [1.165, 1.54) is 12.1 Å². The molecule has 1 amide bonds. The van der Waals surface area contributed by atoms with Crippen LogP contribution in [0, 0.1) is 5.92 Å². The van der Waals surface area contributed by atoms with Crippen LogP contribution in [0.5, 0.6) is 5.75 Å². The summed E-state index contributed by atoms with van der Waals surface area (Å²) in [4.78, 5) is 26.9. The molecule has 7 heteroatoms. The fourth-order valence-corrected chi connectivity index (χ4v) is 3.47. The van der Waals surface area contributed by atoms with Gasteiger partial charge in [0.05, 0.1) is 0 Å². The number of hydrogen-bond acceptors (Lipinski definition) is 4. The number of likely N-dealkylation sites (tertiary alicyclic amines) is 1. The number of piperidine rings is 1. The molecule has 2 aromatic carbocycles. The molecule has 0 atom stereocenters. The highest BCUT2D eigenvalue weighted by molar-refractivity contribution is 6.30. The number of ketones is 1. The van der Waals surface area contributed by atoms with Gasteiger partial charge in [-0.15, -0.1) is 12.4 Å². The molecular formula is C21H24Cl2N2O3. The molecule has 3 rings (SSSR count). The third-order valence-electron chi connectivity index (χ3n) is 4.91. The van der Waals surface area contributed by atoms with Crippen LogP contribution in [-0.2, 0) is 0 Å². The number of aromatic hydroxyl groups is 1. The zero-order chi connectivity index (χ0) is 19.2. The van der Waals surface area contributed by atoms with E-state index in [9.17, 15) is 14.7 Å². The molecule has 1 saturated heterocycles. The van der Waals surface area contributed by atoms with Gasteiger partial charge >= 0.3 is 0 Å². The van der Waals surface area contributed by atoms with E-state index in [2.05, 4.69) is 10.2 Å². The average Bonchev–Trinajstić information content (AvgIpc) is 2.68. The third kappa shape index (κ3) is 5.96. The molecule has 1 aliphatic rings. The van der Waals surface area contributed by atoms with Gasteiger partial charge in [-0.25, -0.2) is 0 Å². The van der Waals surface area contributed by atoms with Crippen molar-refractivity contribution < 1.29 is 14.7 Å². The van der Waals surface area contributed by atoms with E-state index in [4.69, 9.17) is 11.6 Å². The van der Waals surface area contributed by atoms with Crippen LogP contribution in [0.25, 0.3) is 0 Å². The number of nitrogens with one attached hydrogen (secondary N) is 1. The number of rotatable bonds is 6. The van der Waals surface area contributed by atoms with E-state index in [0.29, 0.717) is 17.1 Å². The Hall–Kier alpha value is -2.08. The van der Waals surface area contributed by atoms with E-state index in [1.807, 2.05) is 0 Å². The number of halogens is 2. The normalized spacial score (nSPS) is 14.9. The Kier molecular flexibility index (Phi) is 8.30. The first-order valence-electron chi connectivity index (χ1n) is 9.12. The van der Waals surface area contributed by atoms with Crippen LogP contribution < -0.4 is 5.32 Å². The SMILES string of the molecule is Cl.O=C(NCCN1CCC(C(=O)c2ccc(Cl)cc2)CC1)c1cccc(O)c1. The number of hydrogen-bond donors (Lipinski definition) is 2. The minimum atomic E-state index is -0.196. The summed E-state index contributed by atoms with van der Waals surface area (Å²) in [5.74, 6) is 0.113. The molecule has 150 valence electrons. The largest absolute Gasteiger partial charge is 0.508 e. The lowest BCUT2D eigenvalue weighted by Crippen LogP contribution is -2.41. The lowest BCUT2D eigenvalue weighted by atomic mass is 9.89. The summed E-state index contributed by atoms with van der Waals surface area (Å²) in [6.07, 6.45) is 1.64. The number of phenolic OH excluding ortho intramolecular Hbond substituents is 1. The highest BCUT2D eigenvalue weighted by Gasteiger charge is 2.25. The summed E-state index contributed by atoms with van der Waals surface area (Å²) in [5.41, 5.74) is 1.17. The van der Waals surface area contributed by atoms with E-state index in [1.54, 1.807) is 36.4 Å². The number of nitrogens with zero attached hydrogens (tertiary/aromatic N) is 1. The van der Waals surface area contributed by atoms with Crippen LogP contribution in [0.3, 0.4) is 0 Å². The Morgan fingerprint density at radius 3 is 2.39 bits per heavy atom. The first kappa shape index (κ1) is 22.2. The van der Waals surface area contributed by atoms with Gasteiger partial charge < -0.3 is 15.3 Å². The van der Waals surface area contributed by atoms with Crippen molar-refractivity contribution in [3.8, 4) is 5.75 Å². The minimum absolute atomic E-state index is 0. The number of carbonyl (C=O) groups excluding carboxylic acids is 2. The van der Waals surface area contributed by atoms with Crippen molar-refractivity contribution in [2.75, 3.05) is 26.2 Å². The van der Waals surface area contributed by atoms with Gasteiger partial charge in [-0.3, -0.25) is 9.59 Å². The second kappa shape index (κ2) is 10.5. The fraction of sp³-hybridized carbons (Fsp3) is 0.333. The van der Waals surface area contributed by atoms with Crippen molar-refractivity contribution in [2.45, 2.75) is 12.8 Å². The van der Waals surface area contributed by atoms with Crippen LogP contribution in [0.2, 0.25) is 5.02 Å². The molecule has 0 unspecified atom stereocenters. The number of benzene rings is 2. The van der Waals surface area contributed by atoms with Crippen molar-refractivity contribution in [1.29, 1.82) is 0 Å². The molecule has 0 aliphatic carbocycles. The van der Waals surface area contributed by atoms with Gasteiger partial charge in [-0.05, 0) is 68.4 Å². The van der Waals surface area contributed by atoms with Crippen LogP contribution >= 0.6 is 24.0 Å². The molecule has 0 aromatic heterocycles. The average molecular weight is 423 g/mol. The third-order valence-corrected chi connectivity index (χ3v) is 5.16. The topological polar surface area (TPSA) is 69.6 Å². The quantitative estimate of drug-likeness (QED) is 0.694. The smallest absolute Gasteiger partial charge is 0.251 e. The Bertz CT molecular complexity index is 804. The van der Waals surface area contributed by atoms with Gasteiger partial charge in [0.2, 0.25) is 0 Å². The summed E-state index contributed by atoms with van der Waals surface area (Å²) >= 11 is 5.88.